The molecular weight excluding hydrogens is 356 g/mol. The van der Waals surface area contributed by atoms with E-state index in [4.69, 9.17) is 16.6 Å². The lowest BCUT2D eigenvalue weighted by atomic mass is 9.71. The summed E-state index contributed by atoms with van der Waals surface area (Å²) in [4.78, 5) is 4.82. The van der Waals surface area contributed by atoms with Gasteiger partial charge in [0.2, 0.25) is 0 Å². The van der Waals surface area contributed by atoms with Crippen LogP contribution in [0, 0.1) is 17.0 Å². The van der Waals surface area contributed by atoms with Crippen LogP contribution < -0.4 is 10.6 Å². The smallest absolute Gasteiger partial charge is 0.160 e. The van der Waals surface area contributed by atoms with E-state index in [2.05, 4.69) is 10.6 Å². The van der Waals surface area contributed by atoms with Crippen molar-refractivity contribution in [1.82, 2.24) is 5.32 Å². The van der Waals surface area contributed by atoms with Gasteiger partial charge >= 0.3 is 0 Å². The van der Waals surface area contributed by atoms with Crippen LogP contribution in [0.5, 0.6) is 0 Å². The highest BCUT2D eigenvalue weighted by molar-refractivity contribution is 6.31. The van der Waals surface area contributed by atoms with Gasteiger partial charge in [0.1, 0.15) is 5.84 Å². The first kappa shape index (κ1) is 17.4. The normalized spacial score (nSPS) is 20.0. The number of nitrogens with zero attached hydrogens (tertiary/aromatic N) is 1. The lowest BCUT2D eigenvalue weighted by Gasteiger charge is -2.43. The summed E-state index contributed by atoms with van der Waals surface area (Å²) in [5, 5.41) is 7.34. The van der Waals surface area contributed by atoms with Crippen LogP contribution in [-0.2, 0) is 13.0 Å². The standard InChI is InChI=1S/C20H20ClF2N3/c21-15-4-2-1-3-13(15)12-25-19-20(5-7-24-8-6-20)11-14-9-16(22)17(23)10-18(14)26-19/h1-4,9-10,24H,5-8,11-12H2,(H,25,26). The van der Waals surface area contributed by atoms with Crippen molar-refractivity contribution in [2.45, 2.75) is 25.8 Å². The Hall–Kier alpha value is -1.98. The topological polar surface area (TPSA) is 36.4 Å². The Bertz CT molecular complexity index is 860. The van der Waals surface area contributed by atoms with Crippen LogP contribution >= 0.6 is 11.6 Å². The van der Waals surface area contributed by atoms with Crippen LogP contribution in [-0.4, -0.2) is 18.9 Å². The molecule has 0 bridgehead atoms. The Morgan fingerprint density at radius 3 is 2.58 bits per heavy atom. The van der Waals surface area contributed by atoms with Crippen LogP contribution in [0.4, 0.5) is 14.5 Å². The minimum atomic E-state index is -0.844. The number of hydrogen-bond donors (Lipinski definition) is 2. The molecule has 1 spiro atoms. The van der Waals surface area contributed by atoms with Gasteiger partial charge in [-0.2, -0.15) is 0 Å². The lowest BCUT2D eigenvalue weighted by molar-refractivity contribution is 0.292. The summed E-state index contributed by atoms with van der Waals surface area (Å²) >= 11 is 6.25. The number of hydrogen-bond acceptors (Lipinski definition) is 2. The average molecular weight is 376 g/mol. The Morgan fingerprint density at radius 2 is 1.81 bits per heavy atom. The fraction of sp³-hybridized carbons (Fsp3) is 0.350. The molecule has 0 unspecified atom stereocenters. The molecule has 2 heterocycles. The average Bonchev–Trinajstić information content (AvgIpc) is 2.64. The molecule has 136 valence electrons. The van der Waals surface area contributed by atoms with E-state index in [1.165, 1.54) is 12.1 Å². The van der Waals surface area contributed by atoms with Crippen LogP contribution in [0.1, 0.15) is 24.0 Å². The molecule has 2 aliphatic rings. The van der Waals surface area contributed by atoms with E-state index in [1.54, 1.807) is 0 Å². The van der Waals surface area contributed by atoms with E-state index in [0.29, 0.717) is 23.7 Å². The molecule has 4 rings (SSSR count). The van der Waals surface area contributed by atoms with Crippen molar-refractivity contribution < 1.29 is 8.78 Å². The second-order valence-electron chi connectivity index (χ2n) is 7.01. The van der Waals surface area contributed by atoms with Gasteiger partial charge in [-0.1, -0.05) is 29.8 Å². The molecule has 0 radical (unpaired) electrons. The molecule has 1 fully saturated rings. The number of fused-ring (bicyclic) bond motifs is 1. The Labute approximate surface area is 156 Å². The Balaban J connectivity index is 1.71. The first-order chi connectivity index (χ1) is 12.6. The molecule has 2 aromatic rings. The van der Waals surface area contributed by atoms with Gasteiger partial charge in [-0.05, 0) is 55.6 Å². The molecule has 26 heavy (non-hydrogen) atoms. The van der Waals surface area contributed by atoms with Crippen molar-refractivity contribution in [3.8, 4) is 0 Å². The molecule has 1 saturated heterocycles. The third-order valence-electron chi connectivity index (χ3n) is 5.36. The first-order valence-electron chi connectivity index (χ1n) is 8.81. The minimum Gasteiger partial charge on any atom is -0.343 e. The van der Waals surface area contributed by atoms with Crippen LogP contribution in [0.3, 0.4) is 0 Å². The van der Waals surface area contributed by atoms with Crippen molar-refractivity contribution in [2.24, 2.45) is 10.4 Å². The van der Waals surface area contributed by atoms with Crippen molar-refractivity contribution in [3.05, 3.63) is 64.2 Å². The molecule has 0 aromatic heterocycles. The van der Waals surface area contributed by atoms with Gasteiger partial charge in [-0.25, -0.2) is 8.78 Å². The van der Waals surface area contributed by atoms with Gasteiger partial charge in [0.05, 0.1) is 6.54 Å². The third kappa shape index (κ3) is 3.21. The summed E-state index contributed by atoms with van der Waals surface area (Å²) in [5.41, 5.74) is 2.18. The van der Waals surface area contributed by atoms with Crippen LogP contribution in [0.25, 0.3) is 0 Å². The molecule has 0 atom stereocenters. The van der Waals surface area contributed by atoms with E-state index in [0.717, 1.165) is 42.9 Å². The summed E-state index contributed by atoms with van der Waals surface area (Å²) in [6, 6.07) is 10.2. The maximum Gasteiger partial charge on any atom is 0.160 e. The number of piperidine rings is 1. The maximum absolute atomic E-state index is 13.7. The number of aliphatic imine (C=N–C) groups is 1. The zero-order valence-electron chi connectivity index (χ0n) is 14.3. The molecule has 6 heteroatoms. The summed E-state index contributed by atoms with van der Waals surface area (Å²) in [5.74, 6) is -0.800. The van der Waals surface area contributed by atoms with Crippen LogP contribution in [0.15, 0.2) is 41.4 Å². The minimum absolute atomic E-state index is 0.177. The second kappa shape index (κ2) is 6.97. The zero-order chi connectivity index (χ0) is 18.1. The van der Waals surface area contributed by atoms with Crippen molar-refractivity contribution in [3.63, 3.8) is 0 Å². The molecule has 0 aliphatic carbocycles. The number of halogens is 3. The van der Waals surface area contributed by atoms with Gasteiger partial charge in [0.15, 0.2) is 11.6 Å². The molecule has 2 aliphatic heterocycles. The van der Waals surface area contributed by atoms with E-state index >= 15 is 0 Å². The molecule has 2 N–H and O–H groups in total. The van der Waals surface area contributed by atoms with Crippen LogP contribution in [0.2, 0.25) is 5.02 Å². The molecule has 3 nitrogen and oxygen atoms in total. The monoisotopic (exact) mass is 375 g/mol. The quantitative estimate of drug-likeness (QED) is 0.807. The van der Waals surface area contributed by atoms with Gasteiger partial charge in [-0.15, -0.1) is 0 Å². The van der Waals surface area contributed by atoms with Crippen molar-refractivity contribution >= 4 is 23.1 Å². The Morgan fingerprint density at radius 1 is 1.08 bits per heavy atom. The summed E-state index contributed by atoms with van der Waals surface area (Å²) in [7, 11) is 0. The first-order valence-corrected chi connectivity index (χ1v) is 9.19. The number of anilines is 1. The number of rotatable bonds is 2. The van der Waals surface area contributed by atoms with Gasteiger partial charge in [0, 0.05) is 22.2 Å². The largest absolute Gasteiger partial charge is 0.343 e. The highest BCUT2D eigenvalue weighted by Gasteiger charge is 2.41. The Kier molecular flexibility index (Phi) is 4.67. The van der Waals surface area contributed by atoms with E-state index in [-0.39, 0.29) is 5.41 Å². The van der Waals surface area contributed by atoms with Gasteiger partial charge in [0.25, 0.3) is 0 Å². The second-order valence-corrected chi connectivity index (χ2v) is 7.42. The van der Waals surface area contributed by atoms with Gasteiger partial charge < -0.3 is 10.6 Å². The van der Waals surface area contributed by atoms with E-state index in [9.17, 15) is 8.78 Å². The molecular formula is C20H20ClF2N3. The number of nitrogens with one attached hydrogen (secondary N) is 2. The summed E-state index contributed by atoms with van der Waals surface area (Å²) < 4.78 is 27.4. The number of benzene rings is 2. The van der Waals surface area contributed by atoms with Crippen molar-refractivity contribution in [2.75, 3.05) is 18.4 Å². The van der Waals surface area contributed by atoms with Gasteiger partial charge in [-0.3, -0.25) is 4.99 Å². The molecule has 2 aromatic carbocycles. The van der Waals surface area contributed by atoms with E-state index < -0.39 is 11.6 Å². The summed E-state index contributed by atoms with van der Waals surface area (Å²) in [6.45, 7) is 2.22. The lowest BCUT2D eigenvalue weighted by Crippen LogP contribution is -2.48. The third-order valence-corrected chi connectivity index (χ3v) is 5.73. The SMILES string of the molecule is Fc1cc2c(cc1F)NC(=NCc1ccccc1Cl)C1(CCNCC1)C2. The predicted octanol–water partition coefficient (Wildman–Crippen LogP) is 4.55. The maximum atomic E-state index is 13.7. The molecule has 0 amide bonds. The molecule has 0 saturated carbocycles. The fourth-order valence-corrected chi connectivity index (χ4v) is 4.07. The number of amidine groups is 1. The fourth-order valence-electron chi connectivity index (χ4n) is 3.88. The highest BCUT2D eigenvalue weighted by atomic mass is 35.5. The summed E-state index contributed by atoms with van der Waals surface area (Å²) in [6.07, 6.45) is 2.47. The van der Waals surface area contributed by atoms with Crippen molar-refractivity contribution in [1.29, 1.82) is 0 Å². The highest BCUT2D eigenvalue weighted by Crippen LogP contribution is 2.41. The van der Waals surface area contributed by atoms with E-state index in [1.807, 2.05) is 24.3 Å². The predicted molar refractivity (Wildman–Crippen MR) is 101 cm³/mol. The zero-order valence-corrected chi connectivity index (χ0v) is 15.0.